The molecule has 0 aliphatic heterocycles. The molecule has 2 aromatic carbocycles. The summed E-state index contributed by atoms with van der Waals surface area (Å²) in [6.45, 7) is 0.221. The molecule has 0 aromatic heterocycles. The van der Waals surface area contributed by atoms with E-state index in [1.54, 1.807) is 18.2 Å². The van der Waals surface area contributed by atoms with Gasteiger partial charge in [0.1, 0.15) is 11.6 Å². The Kier molecular flexibility index (Phi) is 4.61. The molecule has 0 radical (unpaired) electrons. The number of urea groups is 1. The van der Waals surface area contributed by atoms with E-state index in [1.165, 1.54) is 18.2 Å². The second-order valence-corrected chi connectivity index (χ2v) is 6.36. The Morgan fingerprint density at radius 3 is 2.83 bits per heavy atom. The smallest absolute Gasteiger partial charge is 0.315 e. The zero-order valence-corrected chi connectivity index (χ0v) is 13.8. The van der Waals surface area contributed by atoms with E-state index in [1.807, 2.05) is 0 Å². The van der Waals surface area contributed by atoms with Crippen LogP contribution in [-0.2, 0) is 13.0 Å². The Bertz CT molecular complexity index is 751. The minimum Gasteiger partial charge on any atom is -0.334 e. The molecule has 2 N–H and O–H groups in total. The molecule has 0 spiro atoms. The average molecular weight is 381 g/mol. The molecule has 2 amide bonds. The fourth-order valence-corrected chi connectivity index (χ4v) is 3.01. The summed E-state index contributed by atoms with van der Waals surface area (Å²) >= 11 is 3.08. The van der Waals surface area contributed by atoms with Crippen molar-refractivity contribution in [3.63, 3.8) is 0 Å². The number of nitrogens with one attached hydrogen (secondary N) is 2. The lowest BCUT2D eigenvalue weighted by molar-refractivity contribution is 0.236. The number of rotatable bonds is 3. The van der Waals surface area contributed by atoms with E-state index in [0.29, 0.717) is 10.0 Å². The number of hydrogen-bond donors (Lipinski definition) is 2. The summed E-state index contributed by atoms with van der Waals surface area (Å²) < 4.78 is 27.2. The van der Waals surface area contributed by atoms with Crippen molar-refractivity contribution in [2.75, 3.05) is 0 Å². The van der Waals surface area contributed by atoms with Crippen molar-refractivity contribution in [3.05, 3.63) is 69.2 Å². The van der Waals surface area contributed by atoms with Crippen molar-refractivity contribution in [2.45, 2.75) is 25.4 Å². The predicted octanol–water partition coefficient (Wildman–Crippen LogP) is 4.21. The SMILES string of the molecule is O=C(NCc1ccc(Br)c(F)c1)NC1CCc2ccc(F)cc21. The maximum absolute atomic E-state index is 13.4. The van der Waals surface area contributed by atoms with Gasteiger partial charge in [0.25, 0.3) is 0 Å². The van der Waals surface area contributed by atoms with Gasteiger partial charge < -0.3 is 10.6 Å². The predicted molar refractivity (Wildman–Crippen MR) is 86.9 cm³/mol. The Labute approximate surface area is 141 Å². The number of amides is 2. The number of carbonyl (C=O) groups is 1. The van der Waals surface area contributed by atoms with Gasteiger partial charge in [0.05, 0.1) is 10.5 Å². The van der Waals surface area contributed by atoms with Gasteiger partial charge in [0.2, 0.25) is 0 Å². The zero-order valence-electron chi connectivity index (χ0n) is 12.2. The fraction of sp³-hybridized carbons (Fsp3) is 0.235. The normalized spacial score (nSPS) is 16.0. The van der Waals surface area contributed by atoms with Gasteiger partial charge in [-0.25, -0.2) is 13.6 Å². The number of aryl methyl sites for hydroxylation is 1. The Morgan fingerprint density at radius 2 is 2.04 bits per heavy atom. The third-order valence-corrected chi connectivity index (χ3v) is 4.57. The van der Waals surface area contributed by atoms with Crippen LogP contribution in [0.2, 0.25) is 0 Å². The van der Waals surface area contributed by atoms with Gasteiger partial charge >= 0.3 is 6.03 Å². The summed E-state index contributed by atoms with van der Waals surface area (Å²) in [5.74, 6) is -0.673. The van der Waals surface area contributed by atoms with Crippen LogP contribution < -0.4 is 10.6 Å². The van der Waals surface area contributed by atoms with E-state index in [2.05, 4.69) is 26.6 Å². The van der Waals surface area contributed by atoms with Crippen LogP contribution in [0.5, 0.6) is 0 Å². The van der Waals surface area contributed by atoms with E-state index in [-0.39, 0.29) is 30.3 Å². The largest absolute Gasteiger partial charge is 0.334 e. The quantitative estimate of drug-likeness (QED) is 0.822. The van der Waals surface area contributed by atoms with Gasteiger partial charge in [-0.05, 0) is 69.7 Å². The summed E-state index contributed by atoms with van der Waals surface area (Å²) in [5.41, 5.74) is 2.56. The van der Waals surface area contributed by atoms with Gasteiger partial charge in [-0.15, -0.1) is 0 Å². The molecule has 1 atom stereocenters. The van der Waals surface area contributed by atoms with Crippen LogP contribution in [0, 0.1) is 11.6 Å². The molecule has 1 unspecified atom stereocenters. The number of fused-ring (bicyclic) bond motifs is 1. The third-order valence-electron chi connectivity index (χ3n) is 3.93. The van der Waals surface area contributed by atoms with E-state index in [0.717, 1.165) is 24.0 Å². The molecule has 3 rings (SSSR count). The monoisotopic (exact) mass is 380 g/mol. The van der Waals surface area contributed by atoms with Gasteiger partial charge in [0.15, 0.2) is 0 Å². The van der Waals surface area contributed by atoms with E-state index in [9.17, 15) is 13.6 Å². The Morgan fingerprint density at radius 1 is 1.22 bits per heavy atom. The second-order valence-electron chi connectivity index (χ2n) is 5.51. The lowest BCUT2D eigenvalue weighted by Crippen LogP contribution is -2.37. The molecule has 0 saturated carbocycles. The first-order valence-electron chi connectivity index (χ1n) is 7.29. The molecular weight excluding hydrogens is 366 g/mol. The van der Waals surface area contributed by atoms with Crippen molar-refractivity contribution >= 4 is 22.0 Å². The third kappa shape index (κ3) is 3.69. The minimum atomic E-state index is -0.370. The molecule has 0 fully saturated rings. The summed E-state index contributed by atoms with van der Waals surface area (Å²) in [6.07, 6.45) is 1.57. The van der Waals surface area contributed by atoms with Crippen LogP contribution in [-0.4, -0.2) is 6.03 Å². The van der Waals surface area contributed by atoms with Crippen molar-refractivity contribution in [3.8, 4) is 0 Å². The highest BCUT2D eigenvalue weighted by Crippen LogP contribution is 2.31. The molecule has 23 heavy (non-hydrogen) atoms. The molecule has 0 heterocycles. The highest BCUT2D eigenvalue weighted by atomic mass is 79.9. The highest BCUT2D eigenvalue weighted by molar-refractivity contribution is 9.10. The summed E-state index contributed by atoms with van der Waals surface area (Å²) in [7, 11) is 0. The first-order chi connectivity index (χ1) is 11.0. The van der Waals surface area contributed by atoms with Gasteiger partial charge in [-0.3, -0.25) is 0 Å². The molecule has 6 heteroatoms. The number of halogens is 3. The van der Waals surface area contributed by atoms with Crippen molar-refractivity contribution in [1.29, 1.82) is 0 Å². The number of benzene rings is 2. The van der Waals surface area contributed by atoms with Crippen molar-refractivity contribution in [1.82, 2.24) is 10.6 Å². The summed E-state index contributed by atoms with van der Waals surface area (Å²) in [4.78, 5) is 12.0. The van der Waals surface area contributed by atoms with E-state index < -0.39 is 0 Å². The molecular formula is C17H15BrF2N2O. The number of hydrogen-bond acceptors (Lipinski definition) is 1. The molecule has 1 aliphatic carbocycles. The van der Waals surface area contributed by atoms with Crippen LogP contribution in [0.25, 0.3) is 0 Å². The Balaban J connectivity index is 1.58. The highest BCUT2D eigenvalue weighted by Gasteiger charge is 2.24. The molecule has 3 nitrogen and oxygen atoms in total. The van der Waals surface area contributed by atoms with Crippen molar-refractivity contribution < 1.29 is 13.6 Å². The summed E-state index contributed by atoms with van der Waals surface area (Å²) in [6, 6.07) is 8.81. The topological polar surface area (TPSA) is 41.1 Å². The van der Waals surface area contributed by atoms with Crippen LogP contribution >= 0.6 is 15.9 Å². The molecule has 0 bridgehead atoms. The first kappa shape index (κ1) is 15.9. The molecule has 1 aliphatic rings. The summed E-state index contributed by atoms with van der Waals surface area (Å²) in [5, 5.41) is 5.53. The molecule has 2 aromatic rings. The lowest BCUT2D eigenvalue weighted by atomic mass is 10.1. The van der Waals surface area contributed by atoms with Crippen LogP contribution in [0.3, 0.4) is 0 Å². The van der Waals surface area contributed by atoms with E-state index in [4.69, 9.17) is 0 Å². The van der Waals surface area contributed by atoms with Gasteiger partial charge in [0, 0.05) is 6.54 Å². The van der Waals surface area contributed by atoms with Crippen LogP contribution in [0.15, 0.2) is 40.9 Å². The van der Waals surface area contributed by atoms with Gasteiger partial charge in [-0.2, -0.15) is 0 Å². The van der Waals surface area contributed by atoms with Crippen LogP contribution in [0.1, 0.15) is 29.2 Å². The fourth-order valence-electron chi connectivity index (χ4n) is 2.76. The zero-order chi connectivity index (χ0) is 16.4. The standard InChI is InChI=1S/C17H15BrF2N2O/c18-14-5-1-10(7-15(14)20)9-21-17(23)22-16-6-3-11-2-4-12(19)8-13(11)16/h1-2,4-5,7-8,16H,3,6,9H2,(H2,21,22,23). The number of carbonyl (C=O) groups excluding carboxylic acids is 1. The van der Waals surface area contributed by atoms with Gasteiger partial charge in [-0.1, -0.05) is 12.1 Å². The Hall–Kier alpha value is -1.95. The first-order valence-corrected chi connectivity index (χ1v) is 8.09. The maximum atomic E-state index is 13.4. The average Bonchev–Trinajstić information content (AvgIpc) is 2.91. The second kappa shape index (κ2) is 6.66. The molecule has 120 valence electrons. The maximum Gasteiger partial charge on any atom is 0.315 e. The van der Waals surface area contributed by atoms with E-state index >= 15 is 0 Å². The molecule has 0 saturated heterocycles. The van der Waals surface area contributed by atoms with Crippen LogP contribution in [0.4, 0.5) is 13.6 Å². The lowest BCUT2D eigenvalue weighted by Gasteiger charge is -2.15. The van der Waals surface area contributed by atoms with Crippen molar-refractivity contribution in [2.24, 2.45) is 0 Å². The minimum absolute atomic E-state index is 0.192.